The third-order valence-electron chi connectivity index (χ3n) is 8.01. The van der Waals surface area contributed by atoms with Crippen molar-refractivity contribution in [3.63, 3.8) is 0 Å². The summed E-state index contributed by atoms with van der Waals surface area (Å²) < 4.78 is 21.5. The standard InChI is InChI=1S/C33H35Cl2FN2O4/c1-19(2)29(32(40)41)37-31(39)26-14-25(20-9-10-20)28(15-27(26)36)42-18-33(3)16-38(17-33)30(21-7-5-4-6-8-21)22-11-23(34)13-24(35)12-22/h4-8,11-15,19-20,29-30H,9-10,16-18H2,1-3H3,(H,37,39)(H,40,41)/t29-,30+/m0/s1. The number of carbonyl (C=O) groups is 2. The summed E-state index contributed by atoms with van der Waals surface area (Å²) in [6, 6.07) is 17.5. The van der Waals surface area contributed by atoms with Gasteiger partial charge < -0.3 is 15.2 Å². The van der Waals surface area contributed by atoms with Crippen molar-refractivity contribution in [3.05, 3.63) is 98.8 Å². The molecule has 222 valence electrons. The number of halogens is 3. The number of likely N-dealkylation sites (tertiary alicyclic amines) is 1. The van der Waals surface area contributed by atoms with Crippen LogP contribution in [0.3, 0.4) is 0 Å². The largest absolute Gasteiger partial charge is 0.493 e. The second-order valence-electron chi connectivity index (χ2n) is 12.2. The maximum Gasteiger partial charge on any atom is 0.326 e. The summed E-state index contributed by atoms with van der Waals surface area (Å²) in [6.07, 6.45) is 1.86. The van der Waals surface area contributed by atoms with Gasteiger partial charge in [0.15, 0.2) is 0 Å². The van der Waals surface area contributed by atoms with E-state index in [4.69, 9.17) is 27.9 Å². The summed E-state index contributed by atoms with van der Waals surface area (Å²) in [7, 11) is 0. The van der Waals surface area contributed by atoms with Crippen molar-refractivity contribution in [1.82, 2.24) is 10.2 Å². The summed E-state index contributed by atoms with van der Waals surface area (Å²) in [5.41, 5.74) is 2.58. The Morgan fingerprint density at radius 1 is 1.05 bits per heavy atom. The zero-order valence-corrected chi connectivity index (χ0v) is 25.4. The van der Waals surface area contributed by atoms with Gasteiger partial charge >= 0.3 is 5.97 Å². The van der Waals surface area contributed by atoms with Crippen LogP contribution >= 0.6 is 23.2 Å². The molecular formula is C33H35Cl2FN2O4. The average Bonchev–Trinajstić information content (AvgIpc) is 3.75. The van der Waals surface area contributed by atoms with Crippen LogP contribution < -0.4 is 10.1 Å². The van der Waals surface area contributed by atoms with Crippen LogP contribution in [-0.2, 0) is 4.79 Å². The van der Waals surface area contributed by atoms with Crippen LogP contribution in [0.5, 0.6) is 5.75 Å². The third kappa shape index (κ3) is 6.74. The van der Waals surface area contributed by atoms with Crippen molar-refractivity contribution in [2.24, 2.45) is 11.3 Å². The summed E-state index contributed by atoms with van der Waals surface area (Å²) in [6.45, 7) is 7.38. The minimum absolute atomic E-state index is 0.0341. The monoisotopic (exact) mass is 612 g/mol. The number of carboxylic acids is 1. The quantitative estimate of drug-likeness (QED) is 0.237. The lowest BCUT2D eigenvalue weighted by molar-refractivity contribution is -0.140. The molecule has 2 N–H and O–H groups in total. The topological polar surface area (TPSA) is 78.9 Å². The number of hydrogen-bond acceptors (Lipinski definition) is 4. The van der Waals surface area contributed by atoms with Crippen molar-refractivity contribution < 1.29 is 23.8 Å². The third-order valence-corrected chi connectivity index (χ3v) is 8.44. The molecule has 1 aliphatic heterocycles. The van der Waals surface area contributed by atoms with Gasteiger partial charge in [0.25, 0.3) is 5.91 Å². The van der Waals surface area contributed by atoms with E-state index in [0.717, 1.165) is 42.6 Å². The molecule has 0 spiro atoms. The molecule has 1 heterocycles. The molecule has 5 rings (SSSR count). The highest BCUT2D eigenvalue weighted by Gasteiger charge is 2.44. The maximum absolute atomic E-state index is 15.2. The molecule has 9 heteroatoms. The second-order valence-corrected chi connectivity index (χ2v) is 13.1. The van der Waals surface area contributed by atoms with Crippen LogP contribution in [0.15, 0.2) is 60.7 Å². The number of benzene rings is 3. The highest BCUT2D eigenvalue weighted by molar-refractivity contribution is 6.34. The van der Waals surface area contributed by atoms with Crippen molar-refractivity contribution in [3.8, 4) is 5.75 Å². The van der Waals surface area contributed by atoms with Gasteiger partial charge in [-0.25, -0.2) is 9.18 Å². The predicted molar refractivity (Wildman–Crippen MR) is 162 cm³/mol. The van der Waals surface area contributed by atoms with Gasteiger partial charge in [-0.05, 0) is 65.6 Å². The molecule has 1 amide bonds. The van der Waals surface area contributed by atoms with Gasteiger partial charge in [-0.15, -0.1) is 0 Å². The van der Waals surface area contributed by atoms with Crippen molar-refractivity contribution >= 4 is 35.1 Å². The minimum atomic E-state index is -1.16. The molecule has 1 aliphatic carbocycles. The molecule has 0 radical (unpaired) electrons. The van der Waals surface area contributed by atoms with Gasteiger partial charge in [-0.1, -0.05) is 74.3 Å². The lowest BCUT2D eigenvalue weighted by Crippen LogP contribution is -2.58. The first-order valence-electron chi connectivity index (χ1n) is 14.2. The van der Waals surface area contributed by atoms with E-state index in [1.807, 2.05) is 30.3 Å². The first-order valence-corrected chi connectivity index (χ1v) is 14.9. The number of rotatable bonds is 11. The Morgan fingerprint density at radius 3 is 2.26 bits per heavy atom. The van der Waals surface area contributed by atoms with Gasteiger partial charge in [-0.2, -0.15) is 0 Å². The Hall–Kier alpha value is -3.13. The van der Waals surface area contributed by atoms with Crippen LogP contribution in [0.2, 0.25) is 10.0 Å². The molecule has 2 fully saturated rings. The molecule has 42 heavy (non-hydrogen) atoms. The van der Waals surface area contributed by atoms with E-state index in [2.05, 4.69) is 29.3 Å². The SMILES string of the molecule is CC(C)[C@H](NC(=O)c1cc(C2CC2)c(OCC2(C)CN([C@H](c3ccccc3)c3cc(Cl)cc(Cl)c3)C2)cc1F)C(=O)O. The molecule has 2 aliphatic rings. The van der Waals surface area contributed by atoms with E-state index in [1.54, 1.807) is 19.9 Å². The second kappa shape index (κ2) is 12.2. The predicted octanol–water partition coefficient (Wildman–Crippen LogP) is 7.34. The summed E-state index contributed by atoms with van der Waals surface area (Å²) in [4.78, 5) is 26.8. The van der Waals surface area contributed by atoms with Crippen LogP contribution in [0.4, 0.5) is 4.39 Å². The smallest absolute Gasteiger partial charge is 0.326 e. The number of nitrogens with zero attached hydrogens (tertiary/aromatic N) is 1. The molecule has 1 saturated carbocycles. The van der Waals surface area contributed by atoms with Crippen LogP contribution in [-0.4, -0.2) is 47.6 Å². The number of carbonyl (C=O) groups excluding carboxylic acids is 1. The molecule has 3 aromatic carbocycles. The Labute approximate surface area is 255 Å². The lowest BCUT2D eigenvalue weighted by atomic mass is 9.79. The summed E-state index contributed by atoms with van der Waals surface area (Å²) in [5, 5.41) is 13.1. The van der Waals surface area contributed by atoms with Gasteiger partial charge in [0.1, 0.15) is 17.6 Å². The molecule has 1 saturated heterocycles. The highest BCUT2D eigenvalue weighted by atomic mass is 35.5. The first kappa shape index (κ1) is 30.3. The van der Waals surface area contributed by atoms with Crippen LogP contribution in [0.25, 0.3) is 0 Å². The van der Waals surface area contributed by atoms with Crippen LogP contribution in [0, 0.1) is 17.2 Å². The summed E-state index contributed by atoms with van der Waals surface area (Å²) >= 11 is 12.7. The number of aliphatic carboxylic acids is 1. The van der Waals surface area contributed by atoms with E-state index in [-0.39, 0.29) is 28.9 Å². The van der Waals surface area contributed by atoms with E-state index in [1.165, 1.54) is 12.1 Å². The molecule has 0 bridgehead atoms. The molecule has 0 unspecified atom stereocenters. The number of carboxylic acid groups (broad SMARTS) is 1. The minimum Gasteiger partial charge on any atom is -0.493 e. The van der Waals surface area contributed by atoms with E-state index in [9.17, 15) is 14.7 Å². The Balaban J connectivity index is 1.31. The zero-order valence-electron chi connectivity index (χ0n) is 23.9. The number of ether oxygens (including phenoxy) is 1. The Morgan fingerprint density at radius 2 is 1.69 bits per heavy atom. The zero-order chi connectivity index (χ0) is 30.2. The lowest BCUT2D eigenvalue weighted by Gasteiger charge is -2.51. The Kier molecular flexibility index (Phi) is 8.83. The first-order chi connectivity index (χ1) is 19.9. The molecule has 6 nitrogen and oxygen atoms in total. The van der Waals surface area contributed by atoms with E-state index >= 15 is 4.39 Å². The van der Waals surface area contributed by atoms with E-state index < -0.39 is 23.7 Å². The van der Waals surface area contributed by atoms with Gasteiger partial charge in [0.05, 0.1) is 18.2 Å². The van der Waals surface area contributed by atoms with Crippen molar-refractivity contribution in [2.75, 3.05) is 19.7 Å². The fourth-order valence-corrected chi connectivity index (χ4v) is 6.30. The van der Waals surface area contributed by atoms with Crippen molar-refractivity contribution in [2.45, 2.75) is 51.6 Å². The molecule has 3 aromatic rings. The highest BCUT2D eigenvalue weighted by Crippen LogP contribution is 2.46. The number of amides is 1. The molecule has 2 atom stereocenters. The van der Waals surface area contributed by atoms with Crippen LogP contribution in [0.1, 0.15) is 72.6 Å². The van der Waals surface area contributed by atoms with Gasteiger partial charge in [0, 0.05) is 34.6 Å². The maximum atomic E-state index is 15.2. The molecule has 0 aromatic heterocycles. The fraction of sp³-hybridized carbons (Fsp3) is 0.394. The van der Waals surface area contributed by atoms with Gasteiger partial charge in [-0.3, -0.25) is 9.69 Å². The average molecular weight is 614 g/mol. The van der Waals surface area contributed by atoms with Crippen molar-refractivity contribution in [1.29, 1.82) is 0 Å². The van der Waals surface area contributed by atoms with E-state index in [0.29, 0.717) is 22.4 Å². The number of nitrogens with one attached hydrogen (secondary N) is 1. The fourth-order valence-electron chi connectivity index (χ4n) is 5.76. The number of hydrogen-bond donors (Lipinski definition) is 2. The Bertz CT molecular complexity index is 1450. The van der Waals surface area contributed by atoms with Gasteiger partial charge in [0.2, 0.25) is 0 Å². The summed E-state index contributed by atoms with van der Waals surface area (Å²) in [5.74, 6) is -2.35. The molecular weight excluding hydrogens is 578 g/mol. The normalized spacial score (nSPS) is 17.8.